The lowest BCUT2D eigenvalue weighted by Gasteiger charge is -2.15. The summed E-state index contributed by atoms with van der Waals surface area (Å²) in [6.45, 7) is 1.64. The molecule has 1 aliphatic heterocycles. The average molecular weight is 252 g/mol. The largest absolute Gasteiger partial charge is 0.394 e. The number of nitrogens with zero attached hydrogens (tertiary/aromatic N) is 4. The summed E-state index contributed by atoms with van der Waals surface area (Å²) in [7, 11) is 0. The molecule has 0 radical (unpaired) electrons. The number of ether oxygens (including phenoxy) is 1. The zero-order valence-electron chi connectivity index (χ0n) is 9.82. The fourth-order valence-corrected chi connectivity index (χ4v) is 2.22. The van der Waals surface area contributed by atoms with E-state index in [-0.39, 0.29) is 13.0 Å². The van der Waals surface area contributed by atoms with Crippen LogP contribution in [0, 0.1) is 6.92 Å². The number of aliphatic hydroxyl groups excluding tert-OH is 1. The summed E-state index contributed by atoms with van der Waals surface area (Å²) >= 11 is 0. The van der Waals surface area contributed by atoms with E-state index in [1.807, 2.05) is 6.92 Å². The standard InChI is InChI=1S/C11H13FN4O2/c1-6-9-10(14-4-13-6)16(5-15-9)11-8(12)2-7(3-17)18-11/h4-5,7-8,11,17H,2-3H2,1H3/t7-,8+,11+/m0/s1. The predicted molar refractivity (Wildman–Crippen MR) is 60.6 cm³/mol. The van der Waals surface area contributed by atoms with Gasteiger partial charge in [0.15, 0.2) is 11.9 Å². The van der Waals surface area contributed by atoms with Gasteiger partial charge in [0.2, 0.25) is 0 Å². The molecular weight excluding hydrogens is 239 g/mol. The van der Waals surface area contributed by atoms with Crippen molar-refractivity contribution in [2.45, 2.75) is 31.8 Å². The van der Waals surface area contributed by atoms with Gasteiger partial charge in [-0.1, -0.05) is 0 Å². The normalized spacial score (nSPS) is 28.1. The second-order valence-corrected chi connectivity index (χ2v) is 4.37. The molecule has 0 spiro atoms. The quantitative estimate of drug-likeness (QED) is 0.854. The van der Waals surface area contributed by atoms with E-state index in [1.54, 1.807) is 4.57 Å². The number of aromatic nitrogens is 4. The van der Waals surface area contributed by atoms with Crippen molar-refractivity contribution in [1.29, 1.82) is 0 Å². The van der Waals surface area contributed by atoms with Crippen LogP contribution in [0.5, 0.6) is 0 Å². The number of alkyl halides is 1. The number of halogens is 1. The zero-order valence-corrected chi connectivity index (χ0v) is 9.82. The minimum Gasteiger partial charge on any atom is -0.394 e. The molecule has 0 bridgehead atoms. The van der Waals surface area contributed by atoms with Gasteiger partial charge < -0.3 is 9.84 Å². The summed E-state index contributed by atoms with van der Waals surface area (Å²) in [6.07, 6.45) is 0.692. The molecule has 0 amide bonds. The molecule has 0 aromatic carbocycles. The number of hydrogen-bond donors (Lipinski definition) is 1. The first kappa shape index (κ1) is 11.5. The Bertz CT molecular complexity index is 573. The molecule has 6 nitrogen and oxygen atoms in total. The van der Waals surface area contributed by atoms with Gasteiger partial charge in [0.25, 0.3) is 0 Å². The van der Waals surface area contributed by atoms with Crippen LogP contribution in [0.3, 0.4) is 0 Å². The molecule has 1 aliphatic rings. The lowest BCUT2D eigenvalue weighted by molar-refractivity contribution is -0.0351. The van der Waals surface area contributed by atoms with Crippen LogP contribution in [0.1, 0.15) is 18.3 Å². The SMILES string of the molecule is Cc1ncnc2c1ncn2[C@@H]1O[C@H](CO)C[C@H]1F. The summed E-state index contributed by atoms with van der Waals surface area (Å²) < 4.78 is 20.9. The smallest absolute Gasteiger partial charge is 0.168 e. The monoisotopic (exact) mass is 252 g/mol. The van der Waals surface area contributed by atoms with Gasteiger partial charge in [0.05, 0.1) is 24.7 Å². The minimum atomic E-state index is -1.17. The van der Waals surface area contributed by atoms with Gasteiger partial charge in [-0.15, -0.1) is 0 Å². The van der Waals surface area contributed by atoms with Crippen LogP contribution in [0.4, 0.5) is 4.39 Å². The second-order valence-electron chi connectivity index (χ2n) is 4.37. The van der Waals surface area contributed by atoms with E-state index in [0.717, 1.165) is 5.69 Å². The highest BCUT2D eigenvalue weighted by molar-refractivity contribution is 5.72. The molecule has 1 fully saturated rings. The first-order valence-electron chi connectivity index (χ1n) is 5.75. The highest BCUT2D eigenvalue weighted by atomic mass is 19.1. The van der Waals surface area contributed by atoms with Gasteiger partial charge in [-0.2, -0.15) is 0 Å². The number of rotatable bonds is 2. The Hall–Kier alpha value is -1.60. The van der Waals surface area contributed by atoms with E-state index in [2.05, 4.69) is 15.0 Å². The summed E-state index contributed by atoms with van der Waals surface area (Å²) in [5.74, 6) is 0. The van der Waals surface area contributed by atoms with E-state index in [1.165, 1.54) is 12.7 Å². The second kappa shape index (κ2) is 4.25. The minimum absolute atomic E-state index is 0.183. The van der Waals surface area contributed by atoms with Crippen molar-refractivity contribution in [2.24, 2.45) is 0 Å². The molecular formula is C11H13FN4O2. The Kier molecular flexibility index (Phi) is 2.71. The highest BCUT2D eigenvalue weighted by Gasteiger charge is 2.37. The van der Waals surface area contributed by atoms with Crippen LogP contribution < -0.4 is 0 Å². The van der Waals surface area contributed by atoms with Gasteiger partial charge in [-0.25, -0.2) is 19.3 Å². The average Bonchev–Trinajstić information content (AvgIpc) is 2.93. The molecule has 3 atom stereocenters. The summed E-state index contributed by atoms with van der Waals surface area (Å²) in [5.41, 5.74) is 1.93. The lowest BCUT2D eigenvalue weighted by atomic mass is 10.2. The van der Waals surface area contributed by atoms with Crippen molar-refractivity contribution in [3.63, 3.8) is 0 Å². The number of imidazole rings is 1. The molecule has 2 aromatic heterocycles. The molecule has 3 heterocycles. The van der Waals surface area contributed by atoms with Crippen molar-refractivity contribution in [3.8, 4) is 0 Å². The van der Waals surface area contributed by atoms with Crippen molar-refractivity contribution in [2.75, 3.05) is 6.61 Å². The number of fused-ring (bicyclic) bond motifs is 1. The van der Waals surface area contributed by atoms with Crippen molar-refractivity contribution >= 4 is 11.2 Å². The summed E-state index contributed by atoms with van der Waals surface area (Å²) in [5, 5.41) is 9.01. The van der Waals surface area contributed by atoms with E-state index >= 15 is 0 Å². The molecule has 1 saturated heterocycles. The first-order valence-corrected chi connectivity index (χ1v) is 5.75. The molecule has 3 rings (SSSR count). The van der Waals surface area contributed by atoms with Crippen molar-refractivity contribution in [3.05, 3.63) is 18.3 Å². The first-order chi connectivity index (χ1) is 8.70. The molecule has 0 aliphatic carbocycles. The van der Waals surface area contributed by atoms with E-state index in [0.29, 0.717) is 11.2 Å². The molecule has 96 valence electrons. The summed E-state index contributed by atoms with van der Waals surface area (Å²) in [6, 6.07) is 0. The third-order valence-electron chi connectivity index (χ3n) is 3.15. The molecule has 18 heavy (non-hydrogen) atoms. The highest BCUT2D eigenvalue weighted by Crippen LogP contribution is 2.32. The van der Waals surface area contributed by atoms with E-state index in [4.69, 9.17) is 9.84 Å². The maximum absolute atomic E-state index is 13.9. The topological polar surface area (TPSA) is 73.1 Å². The number of aliphatic hydroxyl groups is 1. The van der Waals surface area contributed by atoms with Crippen molar-refractivity contribution in [1.82, 2.24) is 19.5 Å². The zero-order chi connectivity index (χ0) is 12.7. The molecule has 1 N–H and O–H groups in total. The number of hydrogen-bond acceptors (Lipinski definition) is 5. The lowest BCUT2D eigenvalue weighted by Crippen LogP contribution is -2.16. The maximum Gasteiger partial charge on any atom is 0.168 e. The van der Waals surface area contributed by atoms with Gasteiger partial charge in [0.1, 0.15) is 18.0 Å². The van der Waals surface area contributed by atoms with Crippen LogP contribution in [0.2, 0.25) is 0 Å². The van der Waals surface area contributed by atoms with Gasteiger partial charge >= 0.3 is 0 Å². The van der Waals surface area contributed by atoms with Crippen molar-refractivity contribution < 1.29 is 14.2 Å². The van der Waals surface area contributed by atoms with Crippen LogP contribution >= 0.6 is 0 Å². The van der Waals surface area contributed by atoms with Crippen LogP contribution in [0.15, 0.2) is 12.7 Å². The fraction of sp³-hybridized carbons (Fsp3) is 0.545. The Morgan fingerprint density at radius 1 is 1.50 bits per heavy atom. The molecule has 0 unspecified atom stereocenters. The maximum atomic E-state index is 13.9. The van der Waals surface area contributed by atoms with Crippen LogP contribution in [-0.2, 0) is 4.74 Å². The van der Waals surface area contributed by atoms with E-state index in [9.17, 15) is 4.39 Å². The summed E-state index contributed by atoms with van der Waals surface area (Å²) in [4.78, 5) is 12.3. The predicted octanol–water partition coefficient (Wildman–Crippen LogP) is 0.753. The Labute approximate surface area is 102 Å². The van der Waals surface area contributed by atoms with Gasteiger partial charge in [-0.3, -0.25) is 4.57 Å². The molecule has 0 saturated carbocycles. The Morgan fingerprint density at radius 2 is 2.33 bits per heavy atom. The van der Waals surface area contributed by atoms with Gasteiger partial charge in [-0.05, 0) is 6.92 Å². The number of aryl methyl sites for hydroxylation is 1. The Morgan fingerprint density at radius 3 is 3.06 bits per heavy atom. The van der Waals surface area contributed by atoms with Crippen LogP contribution in [0.25, 0.3) is 11.2 Å². The molecule has 7 heteroatoms. The third kappa shape index (κ3) is 1.67. The third-order valence-corrected chi connectivity index (χ3v) is 3.15. The van der Waals surface area contributed by atoms with E-state index < -0.39 is 18.5 Å². The van der Waals surface area contributed by atoms with Crippen LogP contribution in [-0.4, -0.2) is 43.5 Å². The van der Waals surface area contributed by atoms with Gasteiger partial charge in [0, 0.05) is 6.42 Å². The Balaban J connectivity index is 2.02. The molecule has 2 aromatic rings. The fourth-order valence-electron chi connectivity index (χ4n) is 2.22.